The first-order valence-corrected chi connectivity index (χ1v) is 11.6. The second-order valence-corrected chi connectivity index (χ2v) is 8.79. The van der Waals surface area contributed by atoms with Gasteiger partial charge in [0.05, 0.1) is 18.3 Å². The molecular formula is C26H30N4O2. The lowest BCUT2D eigenvalue weighted by Gasteiger charge is -2.16. The summed E-state index contributed by atoms with van der Waals surface area (Å²) >= 11 is 0. The van der Waals surface area contributed by atoms with Gasteiger partial charge < -0.3 is 20.4 Å². The van der Waals surface area contributed by atoms with E-state index in [-0.39, 0.29) is 11.9 Å². The minimum Gasteiger partial charge on any atom is -0.493 e. The molecule has 32 heavy (non-hydrogen) atoms. The first-order chi connectivity index (χ1) is 15.6. The lowest BCUT2D eigenvalue weighted by molar-refractivity contribution is 0.0936. The highest BCUT2D eigenvalue weighted by atomic mass is 16.5. The second-order valence-electron chi connectivity index (χ2n) is 8.79. The van der Waals surface area contributed by atoms with E-state index in [9.17, 15) is 4.79 Å². The number of amides is 1. The van der Waals surface area contributed by atoms with Crippen LogP contribution in [0.5, 0.6) is 5.75 Å². The Bertz CT molecular complexity index is 1130. The van der Waals surface area contributed by atoms with Crippen LogP contribution in [-0.4, -0.2) is 28.6 Å². The number of hydrogen-bond acceptors (Lipinski definition) is 4. The summed E-state index contributed by atoms with van der Waals surface area (Å²) in [4.78, 5) is 17.9. The van der Waals surface area contributed by atoms with Crippen molar-refractivity contribution < 1.29 is 9.53 Å². The maximum absolute atomic E-state index is 13.1. The van der Waals surface area contributed by atoms with Crippen molar-refractivity contribution in [2.75, 3.05) is 13.2 Å². The molecule has 0 bridgehead atoms. The predicted molar refractivity (Wildman–Crippen MR) is 125 cm³/mol. The SMILES string of the molecule is Cc1ccc(C(=O)NC2CCc3ccc(-c4cn5c(n4)CCC5)cc32)cc1OCCCN. The number of aryl methyl sites for hydroxylation is 4. The number of rotatable bonds is 7. The molecule has 0 saturated carbocycles. The largest absolute Gasteiger partial charge is 0.493 e. The van der Waals surface area contributed by atoms with Gasteiger partial charge in [-0.05, 0) is 74.0 Å². The lowest BCUT2D eigenvalue weighted by Crippen LogP contribution is -2.27. The normalized spacial score (nSPS) is 16.6. The van der Waals surface area contributed by atoms with Crippen molar-refractivity contribution in [2.24, 2.45) is 5.73 Å². The van der Waals surface area contributed by atoms with E-state index in [0.29, 0.717) is 18.7 Å². The first-order valence-electron chi connectivity index (χ1n) is 11.6. The molecule has 3 N–H and O–H groups in total. The van der Waals surface area contributed by atoms with E-state index in [1.165, 1.54) is 23.4 Å². The minimum absolute atomic E-state index is 0.00910. The molecule has 3 aromatic rings. The van der Waals surface area contributed by atoms with E-state index in [4.69, 9.17) is 15.5 Å². The number of hydrogen-bond donors (Lipinski definition) is 2. The van der Waals surface area contributed by atoms with Crippen molar-refractivity contribution >= 4 is 5.91 Å². The van der Waals surface area contributed by atoms with E-state index >= 15 is 0 Å². The third kappa shape index (κ3) is 4.02. The van der Waals surface area contributed by atoms with Crippen LogP contribution in [0.1, 0.15) is 58.2 Å². The summed E-state index contributed by atoms with van der Waals surface area (Å²) in [6.07, 6.45) is 7.07. The van der Waals surface area contributed by atoms with Gasteiger partial charge in [-0.3, -0.25) is 4.79 Å². The summed E-state index contributed by atoms with van der Waals surface area (Å²) in [5.74, 6) is 1.85. The fourth-order valence-electron chi connectivity index (χ4n) is 4.71. The molecule has 2 aromatic carbocycles. The number of nitrogens with zero attached hydrogens (tertiary/aromatic N) is 2. The Morgan fingerprint density at radius 2 is 2.16 bits per heavy atom. The number of fused-ring (bicyclic) bond motifs is 2. The summed E-state index contributed by atoms with van der Waals surface area (Å²) in [7, 11) is 0. The summed E-state index contributed by atoms with van der Waals surface area (Å²) in [5.41, 5.74) is 11.8. The summed E-state index contributed by atoms with van der Waals surface area (Å²) < 4.78 is 8.07. The third-order valence-corrected chi connectivity index (χ3v) is 6.54. The van der Waals surface area contributed by atoms with Crippen LogP contribution in [0.25, 0.3) is 11.3 Å². The van der Waals surface area contributed by atoms with Gasteiger partial charge in [-0.25, -0.2) is 4.98 Å². The molecule has 166 valence electrons. The Morgan fingerprint density at radius 3 is 3.00 bits per heavy atom. The molecule has 6 heteroatoms. The van der Waals surface area contributed by atoms with Crippen LogP contribution in [-0.2, 0) is 19.4 Å². The molecule has 0 fully saturated rings. The van der Waals surface area contributed by atoms with Gasteiger partial charge >= 0.3 is 0 Å². The third-order valence-electron chi connectivity index (χ3n) is 6.54. The molecule has 1 amide bonds. The standard InChI is InChI=1S/C26H30N4O2/c1-17-5-6-20(15-24(17)32-13-3-11-27)26(31)29-22-10-9-18-7-8-19(14-21(18)22)23-16-30-12-2-4-25(30)28-23/h5-8,14-16,22H,2-4,9-13,27H2,1H3,(H,29,31). The highest BCUT2D eigenvalue weighted by molar-refractivity contribution is 5.95. The quantitative estimate of drug-likeness (QED) is 0.556. The topological polar surface area (TPSA) is 82.2 Å². The van der Waals surface area contributed by atoms with Crippen molar-refractivity contribution in [3.05, 3.63) is 70.7 Å². The summed E-state index contributed by atoms with van der Waals surface area (Å²) in [5, 5.41) is 3.24. The molecule has 0 spiro atoms. The maximum atomic E-state index is 13.1. The molecule has 1 unspecified atom stereocenters. The minimum atomic E-state index is -0.0714. The zero-order valence-electron chi connectivity index (χ0n) is 18.6. The van der Waals surface area contributed by atoms with Gasteiger partial charge in [0.2, 0.25) is 0 Å². The van der Waals surface area contributed by atoms with Gasteiger partial charge in [0.1, 0.15) is 11.6 Å². The Labute approximate surface area is 188 Å². The van der Waals surface area contributed by atoms with Gasteiger partial charge in [-0.2, -0.15) is 0 Å². The van der Waals surface area contributed by atoms with Crippen molar-refractivity contribution in [3.8, 4) is 17.0 Å². The number of imidazole rings is 1. The van der Waals surface area contributed by atoms with Gasteiger partial charge in [-0.15, -0.1) is 0 Å². The summed E-state index contributed by atoms with van der Waals surface area (Å²) in [6, 6.07) is 12.2. The summed E-state index contributed by atoms with van der Waals surface area (Å²) in [6.45, 7) is 4.18. The van der Waals surface area contributed by atoms with Gasteiger partial charge in [0.15, 0.2) is 0 Å². The predicted octanol–water partition coefficient (Wildman–Crippen LogP) is 3.95. The van der Waals surface area contributed by atoms with Crippen LogP contribution >= 0.6 is 0 Å². The number of aromatic nitrogens is 2. The fraction of sp³-hybridized carbons (Fsp3) is 0.385. The zero-order valence-corrected chi connectivity index (χ0v) is 18.6. The molecule has 1 aliphatic carbocycles. The van der Waals surface area contributed by atoms with Gasteiger partial charge in [0.25, 0.3) is 5.91 Å². The van der Waals surface area contributed by atoms with Crippen LogP contribution in [0.2, 0.25) is 0 Å². The van der Waals surface area contributed by atoms with Crippen LogP contribution in [0, 0.1) is 6.92 Å². The van der Waals surface area contributed by atoms with Crippen LogP contribution < -0.4 is 15.8 Å². The molecule has 5 rings (SSSR count). The average molecular weight is 431 g/mol. The molecule has 6 nitrogen and oxygen atoms in total. The number of ether oxygens (including phenoxy) is 1. The molecule has 2 aliphatic rings. The smallest absolute Gasteiger partial charge is 0.251 e. The Kier molecular flexibility index (Phi) is 5.70. The second kappa shape index (κ2) is 8.79. The van der Waals surface area contributed by atoms with Crippen molar-refractivity contribution in [1.82, 2.24) is 14.9 Å². The van der Waals surface area contributed by atoms with Gasteiger partial charge in [-0.1, -0.05) is 18.2 Å². The van der Waals surface area contributed by atoms with E-state index in [2.05, 4.69) is 34.3 Å². The van der Waals surface area contributed by atoms with E-state index in [1.54, 1.807) is 0 Å². The number of nitrogens with one attached hydrogen (secondary N) is 1. The van der Waals surface area contributed by atoms with Gasteiger partial charge in [0, 0.05) is 30.3 Å². The molecule has 1 atom stereocenters. The van der Waals surface area contributed by atoms with E-state index < -0.39 is 0 Å². The van der Waals surface area contributed by atoms with Crippen LogP contribution in [0.3, 0.4) is 0 Å². The molecule has 0 radical (unpaired) electrons. The molecule has 1 aromatic heterocycles. The molecule has 1 aliphatic heterocycles. The Morgan fingerprint density at radius 1 is 1.25 bits per heavy atom. The number of carbonyl (C=O) groups excluding carboxylic acids is 1. The molecular weight excluding hydrogens is 400 g/mol. The average Bonchev–Trinajstić information content (AvgIpc) is 3.50. The van der Waals surface area contributed by atoms with Crippen molar-refractivity contribution in [3.63, 3.8) is 0 Å². The highest BCUT2D eigenvalue weighted by Gasteiger charge is 2.26. The molecule has 0 saturated heterocycles. The highest BCUT2D eigenvalue weighted by Crippen LogP contribution is 2.35. The van der Waals surface area contributed by atoms with Crippen LogP contribution in [0.15, 0.2) is 42.6 Å². The lowest BCUT2D eigenvalue weighted by atomic mass is 10.0. The van der Waals surface area contributed by atoms with Crippen molar-refractivity contribution in [2.45, 2.75) is 51.6 Å². The fourth-order valence-corrected chi connectivity index (χ4v) is 4.71. The maximum Gasteiger partial charge on any atom is 0.251 e. The van der Waals surface area contributed by atoms with E-state index in [1.807, 2.05) is 25.1 Å². The Balaban J connectivity index is 1.33. The molecule has 2 heterocycles. The number of nitrogens with two attached hydrogens (primary N) is 1. The monoisotopic (exact) mass is 430 g/mol. The Hall–Kier alpha value is -3.12. The first kappa shape index (κ1) is 20.8. The number of carbonyl (C=O) groups is 1. The van der Waals surface area contributed by atoms with Crippen LogP contribution in [0.4, 0.5) is 0 Å². The van der Waals surface area contributed by atoms with E-state index in [0.717, 1.165) is 54.8 Å². The van der Waals surface area contributed by atoms with Crippen molar-refractivity contribution in [1.29, 1.82) is 0 Å². The number of benzene rings is 2. The zero-order chi connectivity index (χ0) is 22.1.